The standard InChI is InChI=1S/C38H54N8O5/c1-25(2)17-32(36(49)42-31(15-9-10-16-39)38(51)46-22-28-20-45(24-34(41)47)21-29(28)23-46)44-37(50)33(19-27-13-7-4-8-14-27)43-35(48)30(40)18-26-11-5-3-6-12-26/h3-8,11-14,25,30-33H,9-10,15-24,39-40H2,1-2H3,(H2,41,47)(H,42,49)(H,43,48)(H,44,50). The van der Waals surface area contributed by atoms with Crippen molar-refractivity contribution in [2.45, 2.75) is 76.5 Å². The van der Waals surface area contributed by atoms with Gasteiger partial charge in [-0.2, -0.15) is 0 Å². The molecule has 5 amide bonds. The Balaban J connectivity index is 1.45. The summed E-state index contributed by atoms with van der Waals surface area (Å²) in [7, 11) is 0. The van der Waals surface area contributed by atoms with Crippen LogP contribution in [0.1, 0.15) is 50.7 Å². The monoisotopic (exact) mass is 702 g/mol. The lowest BCUT2D eigenvalue weighted by Gasteiger charge is -2.29. The summed E-state index contributed by atoms with van der Waals surface area (Å²) in [6.07, 6.45) is 2.52. The second-order valence-corrected chi connectivity index (χ2v) is 14.1. The van der Waals surface area contributed by atoms with Crippen LogP contribution >= 0.6 is 0 Å². The van der Waals surface area contributed by atoms with Gasteiger partial charge in [-0.05, 0) is 66.8 Å². The van der Waals surface area contributed by atoms with Crippen molar-refractivity contribution in [1.82, 2.24) is 25.8 Å². The van der Waals surface area contributed by atoms with E-state index in [-0.39, 0.29) is 24.8 Å². The Morgan fingerprint density at radius 3 is 1.78 bits per heavy atom. The van der Waals surface area contributed by atoms with Crippen LogP contribution in [-0.4, -0.2) is 103 Å². The van der Waals surface area contributed by atoms with Crippen LogP contribution in [-0.2, 0) is 36.8 Å². The first-order chi connectivity index (χ1) is 24.4. The first kappa shape index (κ1) is 39.2. The SMILES string of the molecule is CC(C)CC(NC(=O)C(Cc1ccccc1)NC(=O)C(N)Cc1ccccc1)C(=O)NC(CCCCN)C(=O)N1CC2=C(CN(CC(N)=O)C2)C1. The summed E-state index contributed by atoms with van der Waals surface area (Å²) in [6, 6.07) is 15.0. The minimum absolute atomic E-state index is 0.0306. The second-order valence-electron chi connectivity index (χ2n) is 14.1. The second kappa shape index (κ2) is 19.1. The molecule has 0 aliphatic carbocycles. The molecule has 0 radical (unpaired) electrons. The van der Waals surface area contributed by atoms with Crippen LogP contribution in [0, 0.1) is 5.92 Å². The fourth-order valence-electron chi connectivity index (χ4n) is 6.66. The van der Waals surface area contributed by atoms with E-state index in [4.69, 9.17) is 17.2 Å². The number of primary amides is 1. The van der Waals surface area contributed by atoms with Crippen molar-refractivity contribution in [3.05, 3.63) is 82.9 Å². The summed E-state index contributed by atoms with van der Waals surface area (Å²) in [5.41, 5.74) is 21.3. The molecule has 2 aliphatic rings. The van der Waals surface area contributed by atoms with Gasteiger partial charge < -0.3 is 38.1 Å². The van der Waals surface area contributed by atoms with Gasteiger partial charge >= 0.3 is 0 Å². The number of benzene rings is 2. The highest BCUT2D eigenvalue weighted by molar-refractivity contribution is 5.95. The van der Waals surface area contributed by atoms with Crippen LogP contribution in [0.2, 0.25) is 0 Å². The fraction of sp³-hybridized carbons (Fsp3) is 0.500. The molecule has 13 heteroatoms. The lowest BCUT2D eigenvalue weighted by Crippen LogP contribution is -2.58. The number of carbonyl (C=O) groups excluding carboxylic acids is 5. The van der Waals surface area contributed by atoms with Gasteiger partial charge in [-0.15, -0.1) is 0 Å². The van der Waals surface area contributed by atoms with Crippen molar-refractivity contribution in [1.29, 1.82) is 0 Å². The maximum atomic E-state index is 13.9. The summed E-state index contributed by atoms with van der Waals surface area (Å²) in [5.74, 6) is -2.03. The van der Waals surface area contributed by atoms with E-state index in [1.807, 2.05) is 79.4 Å². The Bertz CT molecular complexity index is 1520. The highest BCUT2D eigenvalue weighted by Crippen LogP contribution is 2.26. The van der Waals surface area contributed by atoms with Crippen molar-refractivity contribution < 1.29 is 24.0 Å². The molecular weight excluding hydrogens is 648 g/mol. The third-order valence-corrected chi connectivity index (χ3v) is 9.24. The van der Waals surface area contributed by atoms with Crippen LogP contribution in [0.4, 0.5) is 0 Å². The number of unbranched alkanes of at least 4 members (excludes halogenated alkanes) is 1. The molecule has 4 unspecified atom stereocenters. The van der Waals surface area contributed by atoms with Crippen molar-refractivity contribution in [2.75, 3.05) is 39.3 Å². The van der Waals surface area contributed by atoms with E-state index in [9.17, 15) is 24.0 Å². The van der Waals surface area contributed by atoms with E-state index < -0.39 is 47.8 Å². The zero-order chi connectivity index (χ0) is 36.9. The molecule has 4 rings (SSSR count). The smallest absolute Gasteiger partial charge is 0.245 e. The minimum atomic E-state index is -1.00. The molecule has 2 aliphatic heterocycles. The Labute approximate surface area is 300 Å². The third-order valence-electron chi connectivity index (χ3n) is 9.24. The molecule has 0 aromatic heterocycles. The van der Waals surface area contributed by atoms with Gasteiger partial charge in [-0.1, -0.05) is 74.5 Å². The van der Waals surface area contributed by atoms with Gasteiger partial charge in [0.05, 0.1) is 12.6 Å². The van der Waals surface area contributed by atoms with E-state index in [0.29, 0.717) is 64.8 Å². The topological polar surface area (TPSA) is 206 Å². The lowest BCUT2D eigenvalue weighted by molar-refractivity contribution is -0.137. The van der Waals surface area contributed by atoms with Crippen LogP contribution in [0.25, 0.3) is 0 Å². The molecule has 276 valence electrons. The number of hydrogen-bond donors (Lipinski definition) is 6. The molecular formula is C38H54N8O5. The van der Waals surface area contributed by atoms with Crippen molar-refractivity contribution in [3.8, 4) is 0 Å². The maximum Gasteiger partial charge on any atom is 0.245 e. The van der Waals surface area contributed by atoms with Crippen LogP contribution in [0.15, 0.2) is 71.8 Å². The minimum Gasteiger partial charge on any atom is -0.369 e. The molecule has 0 spiro atoms. The molecule has 9 N–H and O–H groups in total. The first-order valence-electron chi connectivity index (χ1n) is 17.9. The van der Waals surface area contributed by atoms with Crippen molar-refractivity contribution >= 4 is 29.5 Å². The molecule has 0 saturated heterocycles. The largest absolute Gasteiger partial charge is 0.369 e. The Kier molecular flexibility index (Phi) is 14.7. The molecule has 2 heterocycles. The summed E-state index contributed by atoms with van der Waals surface area (Å²) in [4.78, 5) is 70.1. The predicted octanol–water partition coefficient (Wildman–Crippen LogP) is 0.368. The van der Waals surface area contributed by atoms with Crippen LogP contribution in [0.3, 0.4) is 0 Å². The number of carbonyl (C=O) groups is 5. The van der Waals surface area contributed by atoms with Crippen LogP contribution in [0.5, 0.6) is 0 Å². The molecule has 0 saturated carbocycles. The molecule has 2 aromatic carbocycles. The molecule has 4 atom stereocenters. The zero-order valence-electron chi connectivity index (χ0n) is 29.8. The lowest BCUT2D eigenvalue weighted by atomic mass is 9.99. The molecule has 2 aromatic rings. The van der Waals surface area contributed by atoms with E-state index >= 15 is 0 Å². The number of nitrogens with two attached hydrogens (primary N) is 3. The summed E-state index contributed by atoms with van der Waals surface area (Å²) in [5, 5.41) is 8.68. The summed E-state index contributed by atoms with van der Waals surface area (Å²) < 4.78 is 0. The van der Waals surface area contributed by atoms with Gasteiger partial charge in [0.25, 0.3) is 0 Å². The van der Waals surface area contributed by atoms with E-state index in [2.05, 4.69) is 16.0 Å². The summed E-state index contributed by atoms with van der Waals surface area (Å²) >= 11 is 0. The zero-order valence-corrected chi connectivity index (χ0v) is 29.8. The van der Waals surface area contributed by atoms with E-state index in [1.165, 1.54) is 0 Å². The van der Waals surface area contributed by atoms with Gasteiger partial charge in [0.15, 0.2) is 0 Å². The average molecular weight is 703 g/mol. The number of rotatable bonds is 19. The Hall–Kier alpha value is -4.59. The normalized spacial score (nSPS) is 16.7. The molecule has 51 heavy (non-hydrogen) atoms. The highest BCUT2D eigenvalue weighted by Gasteiger charge is 2.37. The van der Waals surface area contributed by atoms with E-state index in [0.717, 1.165) is 22.3 Å². The average Bonchev–Trinajstić information content (AvgIpc) is 3.66. The highest BCUT2D eigenvalue weighted by atomic mass is 16.2. The summed E-state index contributed by atoms with van der Waals surface area (Å²) in [6.45, 7) is 6.51. The predicted molar refractivity (Wildman–Crippen MR) is 196 cm³/mol. The quantitative estimate of drug-likeness (QED) is 0.0889. The third kappa shape index (κ3) is 12.0. The number of nitrogens with zero attached hydrogens (tertiary/aromatic N) is 2. The van der Waals surface area contributed by atoms with Gasteiger partial charge in [0, 0.05) is 32.6 Å². The van der Waals surface area contributed by atoms with Crippen LogP contribution < -0.4 is 33.2 Å². The fourth-order valence-corrected chi connectivity index (χ4v) is 6.66. The number of nitrogens with one attached hydrogen (secondary N) is 3. The Morgan fingerprint density at radius 2 is 1.24 bits per heavy atom. The van der Waals surface area contributed by atoms with Gasteiger partial charge in [0.2, 0.25) is 29.5 Å². The van der Waals surface area contributed by atoms with Crippen molar-refractivity contribution in [2.24, 2.45) is 23.1 Å². The molecule has 0 fully saturated rings. The number of amides is 5. The Morgan fingerprint density at radius 1 is 0.706 bits per heavy atom. The van der Waals surface area contributed by atoms with E-state index in [1.54, 1.807) is 4.90 Å². The number of hydrogen-bond acceptors (Lipinski definition) is 8. The maximum absolute atomic E-state index is 13.9. The molecule has 0 bridgehead atoms. The molecule has 13 nitrogen and oxygen atoms in total. The van der Waals surface area contributed by atoms with Gasteiger partial charge in [0.1, 0.15) is 18.1 Å². The van der Waals surface area contributed by atoms with Gasteiger partial charge in [-0.25, -0.2) is 0 Å². The van der Waals surface area contributed by atoms with Crippen molar-refractivity contribution in [3.63, 3.8) is 0 Å². The van der Waals surface area contributed by atoms with Gasteiger partial charge in [-0.3, -0.25) is 28.9 Å². The first-order valence-corrected chi connectivity index (χ1v) is 17.9.